The van der Waals surface area contributed by atoms with Crippen molar-refractivity contribution < 1.29 is 24.2 Å². The number of ether oxygens (including phenoxy) is 2. The molecule has 0 spiro atoms. The molecule has 0 bridgehead atoms. The number of nitrogens with zero attached hydrogens (tertiary/aromatic N) is 7. The number of para-hydroxylation sites is 1. The summed E-state index contributed by atoms with van der Waals surface area (Å²) in [6, 6.07) is 13.7. The van der Waals surface area contributed by atoms with E-state index in [2.05, 4.69) is 15.4 Å². The Morgan fingerprint density at radius 1 is 1.06 bits per heavy atom. The van der Waals surface area contributed by atoms with E-state index in [1.54, 1.807) is 9.58 Å². The highest BCUT2D eigenvalue weighted by molar-refractivity contribution is 5.93. The van der Waals surface area contributed by atoms with Gasteiger partial charge in [-0.1, -0.05) is 42.0 Å². The maximum Gasteiger partial charge on any atom is 0.416 e. The van der Waals surface area contributed by atoms with Crippen molar-refractivity contribution in [1.29, 1.82) is 0 Å². The number of carbonyl (C=O) groups excluding carboxylic acids is 1. The van der Waals surface area contributed by atoms with E-state index in [0.29, 0.717) is 30.2 Å². The van der Waals surface area contributed by atoms with Crippen LogP contribution in [0.5, 0.6) is 0 Å². The van der Waals surface area contributed by atoms with E-state index in [1.165, 1.54) is 4.57 Å². The van der Waals surface area contributed by atoms with Crippen molar-refractivity contribution in [3.8, 4) is 11.3 Å². The standard InChI is InChI=1S/C35H41N7O5/c1-35(2,3)47-34(45)39(19-23-8-6-9-23)21-27-17-25-14-13-24(16-30(25)41(27)33(43)44)20-40-22-29(37-38-40)28-11-7-10-26-18-36-42(32(26)28)31-12-4-5-15-46-31/h7,10-11,13-14,16-18,22-23,31H,4-6,8-9,12,15,19-21H2,1-3H3,(H,43,44). The first-order valence-corrected chi connectivity index (χ1v) is 16.5. The van der Waals surface area contributed by atoms with Crippen molar-refractivity contribution in [2.45, 2.75) is 84.2 Å². The van der Waals surface area contributed by atoms with Crippen molar-refractivity contribution in [1.82, 2.24) is 34.2 Å². The first kappa shape index (κ1) is 30.9. The number of amides is 1. The molecule has 1 unspecified atom stereocenters. The quantitative estimate of drug-likeness (QED) is 0.191. The average Bonchev–Trinajstić information content (AvgIpc) is 3.74. The summed E-state index contributed by atoms with van der Waals surface area (Å²) >= 11 is 0. The highest BCUT2D eigenvalue weighted by atomic mass is 16.6. The molecule has 2 fully saturated rings. The fraction of sp³-hybridized carbons (Fsp3) is 0.457. The van der Waals surface area contributed by atoms with Crippen LogP contribution in [0, 0.1) is 5.92 Å². The molecule has 12 heteroatoms. The molecular weight excluding hydrogens is 598 g/mol. The normalized spacial score (nSPS) is 17.2. The van der Waals surface area contributed by atoms with Gasteiger partial charge in [0.25, 0.3) is 0 Å². The molecule has 1 amide bonds. The molecule has 2 aliphatic rings. The number of aromatic nitrogens is 6. The van der Waals surface area contributed by atoms with Gasteiger partial charge in [-0.3, -0.25) is 0 Å². The molecule has 5 aromatic rings. The number of carbonyl (C=O) groups is 2. The van der Waals surface area contributed by atoms with Gasteiger partial charge in [-0.05, 0) is 76.5 Å². The molecule has 12 nitrogen and oxygen atoms in total. The van der Waals surface area contributed by atoms with Gasteiger partial charge in [-0.15, -0.1) is 5.10 Å². The summed E-state index contributed by atoms with van der Waals surface area (Å²) in [6.07, 6.45) is 8.47. The van der Waals surface area contributed by atoms with Crippen molar-refractivity contribution >= 4 is 34.0 Å². The molecule has 1 saturated heterocycles. The van der Waals surface area contributed by atoms with Crippen LogP contribution in [-0.2, 0) is 22.6 Å². The van der Waals surface area contributed by atoms with Gasteiger partial charge in [-0.25, -0.2) is 23.5 Å². The van der Waals surface area contributed by atoms with Gasteiger partial charge in [0.15, 0.2) is 6.23 Å². The topological polar surface area (TPSA) is 130 Å². The Morgan fingerprint density at radius 2 is 1.91 bits per heavy atom. The van der Waals surface area contributed by atoms with Gasteiger partial charge in [0, 0.05) is 35.2 Å². The molecule has 1 aliphatic heterocycles. The fourth-order valence-corrected chi connectivity index (χ4v) is 6.59. The Bertz CT molecular complexity index is 1920. The van der Waals surface area contributed by atoms with Crippen LogP contribution >= 0.6 is 0 Å². The van der Waals surface area contributed by atoms with Crippen molar-refractivity contribution in [2.24, 2.45) is 5.92 Å². The van der Waals surface area contributed by atoms with E-state index in [0.717, 1.165) is 78.2 Å². The van der Waals surface area contributed by atoms with E-state index < -0.39 is 17.8 Å². The van der Waals surface area contributed by atoms with E-state index in [4.69, 9.17) is 9.47 Å². The zero-order valence-corrected chi connectivity index (χ0v) is 27.1. The number of benzene rings is 2. The van der Waals surface area contributed by atoms with Crippen LogP contribution in [0.1, 0.15) is 76.8 Å². The second-order valence-corrected chi connectivity index (χ2v) is 13.8. The minimum atomic E-state index is -1.10. The predicted molar refractivity (Wildman–Crippen MR) is 176 cm³/mol. The van der Waals surface area contributed by atoms with E-state index >= 15 is 0 Å². The summed E-state index contributed by atoms with van der Waals surface area (Å²) in [6.45, 7) is 7.31. The van der Waals surface area contributed by atoms with Crippen LogP contribution in [0.3, 0.4) is 0 Å². The second-order valence-electron chi connectivity index (χ2n) is 13.8. The first-order valence-electron chi connectivity index (χ1n) is 16.5. The number of hydrogen-bond acceptors (Lipinski definition) is 7. The molecule has 1 atom stereocenters. The smallest absolute Gasteiger partial charge is 0.416 e. The molecule has 4 heterocycles. The van der Waals surface area contributed by atoms with Gasteiger partial charge < -0.3 is 19.5 Å². The Balaban J connectivity index is 1.15. The maximum atomic E-state index is 13.2. The van der Waals surface area contributed by atoms with Crippen molar-refractivity contribution in [2.75, 3.05) is 13.2 Å². The summed E-state index contributed by atoms with van der Waals surface area (Å²) in [5.74, 6) is 0.400. The number of rotatable bonds is 8. The van der Waals surface area contributed by atoms with Crippen LogP contribution < -0.4 is 0 Å². The van der Waals surface area contributed by atoms with Gasteiger partial charge in [0.05, 0.1) is 36.5 Å². The largest absolute Gasteiger partial charge is 0.464 e. The number of carboxylic acid groups (broad SMARTS) is 1. The summed E-state index contributed by atoms with van der Waals surface area (Å²) in [4.78, 5) is 27.4. The second kappa shape index (κ2) is 12.5. The molecule has 7 rings (SSSR count). The molecular formula is C35H41N7O5. The van der Waals surface area contributed by atoms with Crippen molar-refractivity contribution in [3.63, 3.8) is 0 Å². The maximum absolute atomic E-state index is 13.2. The lowest BCUT2D eigenvalue weighted by Crippen LogP contribution is -2.41. The molecule has 3 aromatic heterocycles. The molecule has 1 aliphatic carbocycles. The van der Waals surface area contributed by atoms with Gasteiger partial charge in [0.1, 0.15) is 11.3 Å². The highest BCUT2D eigenvalue weighted by Crippen LogP contribution is 2.33. The Hall–Kier alpha value is -4.71. The van der Waals surface area contributed by atoms with E-state index in [1.807, 2.05) is 80.3 Å². The molecule has 246 valence electrons. The third kappa shape index (κ3) is 6.47. The summed E-state index contributed by atoms with van der Waals surface area (Å²) in [7, 11) is 0. The highest BCUT2D eigenvalue weighted by Gasteiger charge is 2.29. The summed E-state index contributed by atoms with van der Waals surface area (Å²) in [5, 5.41) is 25.7. The van der Waals surface area contributed by atoms with Crippen LogP contribution in [0.2, 0.25) is 0 Å². The lowest BCUT2D eigenvalue weighted by Gasteiger charge is -2.33. The fourth-order valence-electron chi connectivity index (χ4n) is 6.59. The number of hydrogen-bond donors (Lipinski definition) is 1. The lowest BCUT2D eigenvalue weighted by atomic mass is 9.85. The lowest BCUT2D eigenvalue weighted by molar-refractivity contribution is -0.0366. The Morgan fingerprint density at radius 3 is 2.64 bits per heavy atom. The van der Waals surface area contributed by atoms with Crippen LogP contribution in [-0.4, -0.2) is 70.3 Å². The average molecular weight is 640 g/mol. The van der Waals surface area contributed by atoms with Crippen LogP contribution in [0.25, 0.3) is 33.1 Å². The van der Waals surface area contributed by atoms with Crippen molar-refractivity contribution in [3.05, 3.63) is 66.1 Å². The molecule has 2 aromatic carbocycles. The Labute approximate surface area is 272 Å². The molecule has 47 heavy (non-hydrogen) atoms. The predicted octanol–water partition coefficient (Wildman–Crippen LogP) is 7.06. The van der Waals surface area contributed by atoms with E-state index in [9.17, 15) is 14.7 Å². The summed E-state index contributed by atoms with van der Waals surface area (Å²) < 4.78 is 16.7. The van der Waals surface area contributed by atoms with Crippen LogP contribution in [0.4, 0.5) is 9.59 Å². The SMILES string of the molecule is CC(C)(C)OC(=O)N(Cc1cc2ccc(Cn3cc(-c4cccc5cnn(C6CCCCO6)c45)nn3)cc2n1C(=O)O)CC1CCC1. The number of fused-ring (bicyclic) bond motifs is 2. The van der Waals surface area contributed by atoms with E-state index in [-0.39, 0.29) is 12.8 Å². The molecule has 1 saturated carbocycles. The van der Waals surface area contributed by atoms with Gasteiger partial charge in [-0.2, -0.15) is 5.10 Å². The first-order chi connectivity index (χ1) is 22.6. The molecule has 1 N–H and O–H groups in total. The zero-order chi connectivity index (χ0) is 32.7. The molecule has 0 radical (unpaired) electrons. The summed E-state index contributed by atoms with van der Waals surface area (Å²) in [5.41, 5.74) is 3.91. The zero-order valence-electron chi connectivity index (χ0n) is 27.1. The van der Waals surface area contributed by atoms with Crippen LogP contribution in [0.15, 0.2) is 54.9 Å². The third-order valence-electron chi connectivity index (χ3n) is 9.05. The van der Waals surface area contributed by atoms with Gasteiger partial charge >= 0.3 is 12.2 Å². The third-order valence-corrected chi connectivity index (χ3v) is 9.05. The van der Waals surface area contributed by atoms with Gasteiger partial charge in [0.2, 0.25) is 0 Å². The Kier molecular flexibility index (Phi) is 8.21. The minimum absolute atomic E-state index is 0.103. The minimum Gasteiger partial charge on any atom is -0.464 e. The monoisotopic (exact) mass is 639 g/mol.